The maximum absolute atomic E-state index is 14.5. The first-order valence-electron chi connectivity index (χ1n) is 28.5. The standard InChI is InChI=1S/C63H92N6O7.Mg/c1-14-47-44(10)52-36-53-45(11)49(27-28-58(70)76-32-29-43(9)26-20-25-42(8)24-19-23-41(7)22-18-21-40(5)6)61(68-53)50(35-59(71)73-13)62-60(63(72)65-31-34-75-17-4)46(12)54(69-62)37-56-48(15-2)51(39-64-30-33-74-16-3)57(67-56)38-55(47)66-52;/h14,29,36-42,45,49,64,68H,1,15-28,30-35H2,2-13H3,(H,65,72);/q;+2/b43-29?,51-39+,53-36?,54-37?,55-38?,61-50?;. The van der Waals surface area contributed by atoms with Crippen molar-refractivity contribution in [3.05, 3.63) is 116 Å². The van der Waals surface area contributed by atoms with Gasteiger partial charge in [-0.2, -0.15) is 0 Å². The minimum absolute atomic E-state index is 0. The summed E-state index contributed by atoms with van der Waals surface area (Å²) in [5.74, 6) is 0.662. The summed E-state index contributed by atoms with van der Waals surface area (Å²) in [5.41, 5.74) is 11.8. The fourth-order valence-electron chi connectivity index (χ4n) is 10.6. The molecule has 4 unspecified atom stereocenters. The van der Waals surface area contributed by atoms with Gasteiger partial charge in [0.1, 0.15) is 6.61 Å². The SMILES string of the molecule is C=CC1=C(C)C2=NC1=CC1=NC(=C(CC)/C1=C\NCCOCC)C=C1N=C(C(CC(=O)OC)=C3NC(=C2)C(C)C3CCC(=O)OCC=C(C)CCCC(C)CCCC(C)CCCC(C)C)C(C(=O)NCCOCC)=C1C.[Mg+2]. The number of hydrogen-bond acceptors (Lipinski definition) is 12. The molecule has 8 bridgehead atoms. The first-order valence-corrected chi connectivity index (χ1v) is 28.5. The third-order valence-electron chi connectivity index (χ3n) is 15.3. The number of ether oxygens (including phenoxy) is 4. The fourth-order valence-corrected chi connectivity index (χ4v) is 10.6. The predicted octanol–water partition coefficient (Wildman–Crippen LogP) is 12.2. The van der Waals surface area contributed by atoms with Crippen molar-refractivity contribution in [2.75, 3.05) is 53.2 Å². The van der Waals surface area contributed by atoms with Gasteiger partial charge in [-0.15, -0.1) is 0 Å². The summed E-state index contributed by atoms with van der Waals surface area (Å²) < 4.78 is 22.4. The van der Waals surface area contributed by atoms with Gasteiger partial charge >= 0.3 is 35.0 Å². The van der Waals surface area contributed by atoms with Crippen molar-refractivity contribution in [3.8, 4) is 0 Å². The number of fused-ring (bicyclic) bond motifs is 5. The molecule has 1 saturated heterocycles. The van der Waals surface area contributed by atoms with Gasteiger partial charge in [0.25, 0.3) is 5.91 Å². The minimum atomic E-state index is -0.498. The molecule has 0 radical (unpaired) electrons. The van der Waals surface area contributed by atoms with Crippen molar-refractivity contribution in [1.82, 2.24) is 16.0 Å². The third-order valence-corrected chi connectivity index (χ3v) is 15.3. The Morgan fingerprint density at radius 3 is 2.13 bits per heavy atom. The summed E-state index contributed by atoms with van der Waals surface area (Å²) >= 11 is 0. The molecule has 0 saturated carbocycles. The third kappa shape index (κ3) is 18.6. The number of rotatable bonds is 31. The van der Waals surface area contributed by atoms with E-state index in [9.17, 15) is 14.4 Å². The maximum Gasteiger partial charge on any atom is 2.00 e. The van der Waals surface area contributed by atoms with Gasteiger partial charge in [0, 0.05) is 78.9 Å². The number of methoxy groups -OCH3 is 1. The Labute approximate surface area is 478 Å². The minimum Gasteiger partial charge on any atom is -0.469 e. The Morgan fingerprint density at radius 2 is 1.48 bits per heavy atom. The summed E-state index contributed by atoms with van der Waals surface area (Å²) in [6.07, 6.45) is 24.0. The molecule has 5 aliphatic heterocycles. The number of carbonyl (C=O) groups is 3. The molecule has 5 aliphatic rings. The molecular formula is C63H92MgN6O7+2. The second-order valence-electron chi connectivity index (χ2n) is 21.5. The normalized spacial score (nSPS) is 19.6. The topological polar surface area (TPSA) is 161 Å². The number of esters is 2. The number of nitrogens with zero attached hydrogens (tertiary/aromatic N) is 3. The fraction of sp³-hybridized carbons (Fsp3) is 0.587. The Bertz CT molecular complexity index is 2510. The van der Waals surface area contributed by atoms with E-state index >= 15 is 0 Å². The molecule has 0 aromatic heterocycles. The summed E-state index contributed by atoms with van der Waals surface area (Å²) in [5, 5.41) is 10.2. The zero-order chi connectivity index (χ0) is 55.3. The van der Waals surface area contributed by atoms with Gasteiger partial charge in [0.15, 0.2) is 0 Å². The second kappa shape index (κ2) is 32.9. The molecule has 0 aromatic rings. The van der Waals surface area contributed by atoms with Crippen molar-refractivity contribution in [2.45, 2.75) is 160 Å². The van der Waals surface area contributed by atoms with Gasteiger partial charge in [-0.3, -0.25) is 14.4 Å². The molecule has 5 rings (SSSR count). The molecule has 4 atom stereocenters. The Balaban J connectivity index is 0.0000128. The summed E-state index contributed by atoms with van der Waals surface area (Å²) in [6.45, 7) is 30.8. The van der Waals surface area contributed by atoms with E-state index < -0.39 is 5.97 Å². The van der Waals surface area contributed by atoms with Crippen LogP contribution in [0.15, 0.2) is 131 Å². The van der Waals surface area contributed by atoms with E-state index in [2.05, 4.69) is 71.0 Å². The average molecular weight is 1070 g/mol. The van der Waals surface area contributed by atoms with Gasteiger partial charge in [0.2, 0.25) is 0 Å². The van der Waals surface area contributed by atoms with Crippen molar-refractivity contribution < 1.29 is 33.3 Å². The van der Waals surface area contributed by atoms with Crippen LogP contribution in [0.4, 0.5) is 0 Å². The van der Waals surface area contributed by atoms with Gasteiger partial charge in [-0.05, 0) is 119 Å². The van der Waals surface area contributed by atoms with E-state index in [1.54, 1.807) is 0 Å². The van der Waals surface area contributed by atoms with Crippen molar-refractivity contribution in [2.24, 2.45) is 44.6 Å². The van der Waals surface area contributed by atoms with Crippen LogP contribution in [0.1, 0.15) is 160 Å². The van der Waals surface area contributed by atoms with E-state index in [0.29, 0.717) is 91.3 Å². The maximum atomic E-state index is 14.5. The summed E-state index contributed by atoms with van der Waals surface area (Å²) in [6, 6.07) is 0. The van der Waals surface area contributed by atoms with Gasteiger partial charge in [0.05, 0.1) is 66.5 Å². The van der Waals surface area contributed by atoms with Gasteiger partial charge in [-0.25, -0.2) is 15.0 Å². The van der Waals surface area contributed by atoms with Crippen LogP contribution < -0.4 is 16.0 Å². The molecule has 3 N–H and O–H groups in total. The molecule has 5 heterocycles. The monoisotopic (exact) mass is 1070 g/mol. The number of allylic oxidation sites excluding steroid dienone is 11. The Hall–Kier alpha value is -4.89. The summed E-state index contributed by atoms with van der Waals surface area (Å²) in [7, 11) is 1.35. The van der Waals surface area contributed by atoms with E-state index in [1.165, 1.54) is 57.6 Å². The van der Waals surface area contributed by atoms with Crippen molar-refractivity contribution in [1.29, 1.82) is 0 Å². The number of hydrogen-bond donors (Lipinski definition) is 3. The quantitative estimate of drug-likeness (QED) is 0.0266. The number of aliphatic imine (C=N–C) groups is 3. The van der Waals surface area contributed by atoms with Crippen LogP contribution in [0.5, 0.6) is 0 Å². The predicted molar refractivity (Wildman–Crippen MR) is 315 cm³/mol. The summed E-state index contributed by atoms with van der Waals surface area (Å²) in [4.78, 5) is 57.6. The number of amides is 1. The molecule has 0 aromatic carbocycles. The molecule has 1 fully saturated rings. The molecule has 77 heavy (non-hydrogen) atoms. The first-order chi connectivity index (χ1) is 36.5. The van der Waals surface area contributed by atoms with Gasteiger partial charge in [-0.1, -0.05) is 105 Å². The molecule has 13 nitrogen and oxygen atoms in total. The van der Waals surface area contributed by atoms with E-state index in [4.69, 9.17) is 33.9 Å². The number of nitrogens with one attached hydrogen (secondary N) is 3. The molecule has 14 heteroatoms. The van der Waals surface area contributed by atoms with E-state index in [1.807, 2.05) is 64.3 Å². The van der Waals surface area contributed by atoms with Crippen LogP contribution in [0, 0.1) is 29.6 Å². The van der Waals surface area contributed by atoms with Crippen LogP contribution in [-0.4, -0.2) is 111 Å². The Morgan fingerprint density at radius 1 is 0.805 bits per heavy atom. The average Bonchev–Trinajstić information content (AvgIpc) is 4.08. The smallest absolute Gasteiger partial charge is 0.469 e. The number of carbonyl (C=O) groups excluding carboxylic acids is 3. The molecule has 1 amide bonds. The van der Waals surface area contributed by atoms with Crippen LogP contribution >= 0.6 is 0 Å². The van der Waals surface area contributed by atoms with Gasteiger partial charge < -0.3 is 34.9 Å². The Kier molecular flexibility index (Phi) is 27.6. The molecule has 416 valence electrons. The molecular weight excluding hydrogens is 977 g/mol. The zero-order valence-corrected chi connectivity index (χ0v) is 50.5. The van der Waals surface area contributed by atoms with E-state index in [-0.39, 0.29) is 72.8 Å². The molecule has 0 spiro atoms. The van der Waals surface area contributed by atoms with E-state index in [0.717, 1.165) is 69.8 Å². The largest absolute Gasteiger partial charge is 2.00 e. The van der Waals surface area contributed by atoms with Crippen molar-refractivity contribution in [3.63, 3.8) is 0 Å². The first kappa shape index (κ1) is 64.6. The van der Waals surface area contributed by atoms with Crippen LogP contribution in [-0.2, 0) is 33.3 Å². The molecule has 0 aliphatic carbocycles. The zero-order valence-electron chi connectivity index (χ0n) is 49.1. The van der Waals surface area contributed by atoms with Crippen molar-refractivity contribution >= 4 is 58.0 Å². The second-order valence-corrected chi connectivity index (χ2v) is 21.5. The van der Waals surface area contributed by atoms with Crippen LogP contribution in [0.3, 0.4) is 0 Å². The van der Waals surface area contributed by atoms with Crippen LogP contribution in [0.25, 0.3) is 0 Å². The van der Waals surface area contributed by atoms with Crippen LogP contribution in [0.2, 0.25) is 0 Å².